The van der Waals surface area contributed by atoms with Gasteiger partial charge in [-0.2, -0.15) is 0 Å². The number of amides is 2. The molecule has 0 bridgehead atoms. The SMILES string of the molecule is O=C1CCC(C(=O)NCC2(O)CCOCC2)CN1. The van der Waals surface area contributed by atoms with Crippen molar-refractivity contribution < 1.29 is 19.4 Å². The third kappa shape index (κ3) is 3.43. The molecule has 1 unspecified atom stereocenters. The van der Waals surface area contributed by atoms with E-state index in [9.17, 15) is 14.7 Å². The Kier molecular flexibility index (Phi) is 4.19. The van der Waals surface area contributed by atoms with Crippen molar-refractivity contribution in [2.75, 3.05) is 26.3 Å². The monoisotopic (exact) mass is 256 g/mol. The number of hydrogen-bond acceptors (Lipinski definition) is 4. The minimum Gasteiger partial charge on any atom is -0.388 e. The fourth-order valence-electron chi connectivity index (χ4n) is 2.28. The predicted molar refractivity (Wildman–Crippen MR) is 63.7 cm³/mol. The molecule has 2 saturated heterocycles. The molecule has 0 aromatic heterocycles. The molecule has 3 N–H and O–H groups in total. The zero-order chi connectivity index (χ0) is 13.0. The van der Waals surface area contributed by atoms with Gasteiger partial charge < -0.3 is 20.5 Å². The van der Waals surface area contributed by atoms with Gasteiger partial charge in [0.25, 0.3) is 0 Å². The van der Waals surface area contributed by atoms with E-state index in [0.29, 0.717) is 45.4 Å². The van der Waals surface area contributed by atoms with Gasteiger partial charge in [0, 0.05) is 45.6 Å². The summed E-state index contributed by atoms with van der Waals surface area (Å²) in [5.41, 5.74) is -0.841. The Labute approximate surface area is 106 Å². The van der Waals surface area contributed by atoms with Crippen molar-refractivity contribution >= 4 is 11.8 Å². The molecule has 0 aromatic rings. The Morgan fingerprint density at radius 2 is 2.22 bits per heavy atom. The van der Waals surface area contributed by atoms with Gasteiger partial charge in [-0.1, -0.05) is 0 Å². The smallest absolute Gasteiger partial charge is 0.225 e. The standard InChI is InChI=1S/C12H20N2O4/c15-10-2-1-9(7-13-10)11(16)14-8-12(17)3-5-18-6-4-12/h9,17H,1-8H2,(H,13,15)(H,14,16). The molecule has 2 rings (SSSR count). The van der Waals surface area contributed by atoms with E-state index in [1.807, 2.05) is 0 Å². The molecule has 2 aliphatic rings. The van der Waals surface area contributed by atoms with Crippen molar-refractivity contribution in [3.63, 3.8) is 0 Å². The maximum Gasteiger partial charge on any atom is 0.225 e. The van der Waals surface area contributed by atoms with Gasteiger partial charge in [0.1, 0.15) is 0 Å². The Hall–Kier alpha value is -1.14. The van der Waals surface area contributed by atoms with E-state index in [1.54, 1.807) is 0 Å². The first-order valence-electron chi connectivity index (χ1n) is 6.44. The summed E-state index contributed by atoms with van der Waals surface area (Å²) in [6, 6.07) is 0. The first-order valence-corrected chi connectivity index (χ1v) is 6.44. The van der Waals surface area contributed by atoms with Crippen molar-refractivity contribution in [1.29, 1.82) is 0 Å². The Bertz CT molecular complexity index is 316. The molecular weight excluding hydrogens is 236 g/mol. The van der Waals surface area contributed by atoms with Crippen LogP contribution in [0.1, 0.15) is 25.7 Å². The summed E-state index contributed by atoms with van der Waals surface area (Å²) in [5.74, 6) is -0.261. The van der Waals surface area contributed by atoms with Gasteiger partial charge in [-0.05, 0) is 6.42 Å². The summed E-state index contributed by atoms with van der Waals surface area (Å²) in [7, 11) is 0. The summed E-state index contributed by atoms with van der Waals surface area (Å²) in [6.07, 6.45) is 2.08. The number of carbonyl (C=O) groups is 2. The van der Waals surface area contributed by atoms with E-state index < -0.39 is 5.60 Å². The Morgan fingerprint density at radius 1 is 1.50 bits per heavy atom. The highest BCUT2D eigenvalue weighted by Crippen LogP contribution is 2.19. The van der Waals surface area contributed by atoms with Crippen LogP contribution in [0.5, 0.6) is 0 Å². The van der Waals surface area contributed by atoms with E-state index in [4.69, 9.17) is 4.74 Å². The number of ether oxygens (including phenoxy) is 1. The fraction of sp³-hybridized carbons (Fsp3) is 0.833. The predicted octanol–water partition coefficient (Wildman–Crippen LogP) is -0.830. The van der Waals surface area contributed by atoms with Gasteiger partial charge in [0.05, 0.1) is 11.5 Å². The second-order valence-corrected chi connectivity index (χ2v) is 5.09. The van der Waals surface area contributed by atoms with Gasteiger partial charge in [-0.25, -0.2) is 0 Å². The van der Waals surface area contributed by atoms with Crippen LogP contribution in [0, 0.1) is 5.92 Å². The molecule has 2 aliphatic heterocycles. The number of piperidine rings is 1. The van der Waals surface area contributed by atoms with Crippen LogP contribution in [0.2, 0.25) is 0 Å². The summed E-state index contributed by atoms with van der Waals surface area (Å²) in [5, 5.41) is 15.7. The summed E-state index contributed by atoms with van der Waals surface area (Å²) >= 11 is 0. The maximum absolute atomic E-state index is 11.9. The highest BCUT2D eigenvalue weighted by Gasteiger charge is 2.31. The fourth-order valence-corrected chi connectivity index (χ4v) is 2.28. The van der Waals surface area contributed by atoms with E-state index in [1.165, 1.54) is 0 Å². The van der Waals surface area contributed by atoms with E-state index in [0.717, 1.165) is 0 Å². The average Bonchev–Trinajstić information content (AvgIpc) is 2.38. The average molecular weight is 256 g/mol. The third-order valence-electron chi connectivity index (χ3n) is 3.65. The molecule has 2 heterocycles. The van der Waals surface area contributed by atoms with Crippen LogP contribution in [-0.4, -0.2) is 48.8 Å². The summed E-state index contributed by atoms with van der Waals surface area (Å²) in [6.45, 7) is 1.73. The topological polar surface area (TPSA) is 87.7 Å². The minimum atomic E-state index is -0.841. The number of carbonyl (C=O) groups excluding carboxylic acids is 2. The highest BCUT2D eigenvalue weighted by atomic mass is 16.5. The van der Waals surface area contributed by atoms with Crippen LogP contribution in [0.4, 0.5) is 0 Å². The summed E-state index contributed by atoms with van der Waals surface area (Å²) < 4.78 is 5.18. The lowest BCUT2D eigenvalue weighted by atomic mass is 9.93. The van der Waals surface area contributed by atoms with Gasteiger partial charge >= 0.3 is 0 Å². The first kappa shape index (κ1) is 13.3. The Morgan fingerprint density at radius 3 is 2.83 bits per heavy atom. The molecular formula is C12H20N2O4. The molecule has 2 amide bonds. The van der Waals surface area contributed by atoms with Crippen molar-refractivity contribution in [2.24, 2.45) is 5.92 Å². The second-order valence-electron chi connectivity index (χ2n) is 5.09. The lowest BCUT2D eigenvalue weighted by Gasteiger charge is -2.32. The first-order chi connectivity index (χ1) is 8.59. The van der Waals surface area contributed by atoms with Crippen LogP contribution in [-0.2, 0) is 14.3 Å². The number of aliphatic hydroxyl groups is 1. The van der Waals surface area contributed by atoms with Crippen LogP contribution in [0.15, 0.2) is 0 Å². The zero-order valence-corrected chi connectivity index (χ0v) is 10.4. The lowest BCUT2D eigenvalue weighted by Crippen LogP contribution is -2.50. The number of rotatable bonds is 3. The minimum absolute atomic E-state index is 0.00195. The van der Waals surface area contributed by atoms with E-state index in [-0.39, 0.29) is 24.3 Å². The zero-order valence-electron chi connectivity index (χ0n) is 10.4. The second kappa shape index (κ2) is 5.67. The van der Waals surface area contributed by atoms with Gasteiger partial charge in [0.2, 0.25) is 11.8 Å². The molecule has 1 atom stereocenters. The van der Waals surface area contributed by atoms with Crippen LogP contribution in [0.3, 0.4) is 0 Å². The molecule has 18 heavy (non-hydrogen) atoms. The molecule has 6 nitrogen and oxygen atoms in total. The molecule has 0 radical (unpaired) electrons. The van der Waals surface area contributed by atoms with Gasteiger partial charge in [0.15, 0.2) is 0 Å². The van der Waals surface area contributed by atoms with Gasteiger partial charge in [-0.15, -0.1) is 0 Å². The van der Waals surface area contributed by atoms with Crippen molar-refractivity contribution in [3.8, 4) is 0 Å². The molecule has 0 saturated carbocycles. The molecule has 2 fully saturated rings. The van der Waals surface area contributed by atoms with Crippen molar-refractivity contribution in [2.45, 2.75) is 31.3 Å². The van der Waals surface area contributed by atoms with Crippen LogP contribution in [0.25, 0.3) is 0 Å². The van der Waals surface area contributed by atoms with Crippen LogP contribution < -0.4 is 10.6 Å². The quantitative estimate of drug-likeness (QED) is 0.615. The maximum atomic E-state index is 11.9. The largest absolute Gasteiger partial charge is 0.388 e. The molecule has 0 aromatic carbocycles. The van der Waals surface area contributed by atoms with Gasteiger partial charge in [-0.3, -0.25) is 9.59 Å². The van der Waals surface area contributed by atoms with E-state index in [2.05, 4.69) is 10.6 Å². The van der Waals surface area contributed by atoms with Crippen LogP contribution >= 0.6 is 0 Å². The molecule has 102 valence electrons. The molecule has 6 heteroatoms. The number of hydrogen-bond donors (Lipinski definition) is 3. The normalized spacial score (nSPS) is 27.4. The molecule has 0 aliphatic carbocycles. The number of nitrogens with one attached hydrogen (secondary N) is 2. The lowest BCUT2D eigenvalue weighted by molar-refractivity contribution is -0.130. The van der Waals surface area contributed by atoms with Crippen molar-refractivity contribution in [1.82, 2.24) is 10.6 Å². The van der Waals surface area contributed by atoms with E-state index >= 15 is 0 Å². The summed E-state index contributed by atoms with van der Waals surface area (Å²) in [4.78, 5) is 22.9. The molecule has 0 spiro atoms. The third-order valence-corrected chi connectivity index (χ3v) is 3.65. The van der Waals surface area contributed by atoms with Crippen molar-refractivity contribution in [3.05, 3.63) is 0 Å². The highest BCUT2D eigenvalue weighted by molar-refractivity contribution is 5.83. The Balaban J connectivity index is 1.75.